The third-order valence-electron chi connectivity index (χ3n) is 10.7. The zero-order valence-electron chi connectivity index (χ0n) is 38.9. The Morgan fingerprint density at radius 3 is 2.01 bits per heavy atom. The fourth-order valence-corrected chi connectivity index (χ4v) is 7.24. The van der Waals surface area contributed by atoms with Crippen LogP contribution in [0.5, 0.6) is 0 Å². The van der Waals surface area contributed by atoms with Crippen molar-refractivity contribution in [3.63, 3.8) is 0 Å². The summed E-state index contributed by atoms with van der Waals surface area (Å²) in [6.07, 6.45) is -1.17. The van der Waals surface area contributed by atoms with Crippen LogP contribution in [-0.4, -0.2) is 128 Å². The van der Waals surface area contributed by atoms with Crippen LogP contribution in [0.2, 0.25) is 0 Å². The molecule has 1 aromatic heterocycles. The van der Waals surface area contributed by atoms with E-state index in [0.717, 1.165) is 23.8 Å². The topological polar surface area (TPSA) is 335 Å². The highest BCUT2D eigenvalue weighted by molar-refractivity contribution is 5.96. The maximum atomic E-state index is 15.3. The number of nitrogens with zero attached hydrogens (tertiary/aromatic N) is 2. The van der Waals surface area contributed by atoms with Gasteiger partial charge in [-0.15, -0.1) is 0 Å². The highest BCUT2D eigenvalue weighted by atomic mass is 19.1. The number of aromatic nitrogens is 1. The Hall–Kier alpha value is -7.27. The van der Waals surface area contributed by atoms with E-state index in [-0.39, 0.29) is 17.7 Å². The van der Waals surface area contributed by atoms with E-state index >= 15 is 4.39 Å². The number of hydrogen-bond acceptors (Lipinski definition) is 11. The van der Waals surface area contributed by atoms with Crippen molar-refractivity contribution in [2.45, 2.75) is 110 Å². The van der Waals surface area contributed by atoms with Gasteiger partial charge in [0.05, 0.1) is 18.5 Å². The molecule has 0 fully saturated rings. The number of rotatable bonds is 26. The third kappa shape index (κ3) is 17.4. The summed E-state index contributed by atoms with van der Waals surface area (Å²) in [4.78, 5) is 116. The fourth-order valence-electron chi connectivity index (χ4n) is 7.24. The minimum Gasteiger partial charge on any atom is -0.481 e. The number of carbonyl (C=O) groups is 9. The number of amides is 7. The van der Waals surface area contributed by atoms with E-state index in [1.807, 2.05) is 12.1 Å². The number of carboxylic acids is 2. The largest absolute Gasteiger partial charge is 0.481 e. The first-order valence-corrected chi connectivity index (χ1v) is 21.9. The van der Waals surface area contributed by atoms with Crippen molar-refractivity contribution in [3.8, 4) is 11.1 Å². The average molecular weight is 970 g/mol. The summed E-state index contributed by atoms with van der Waals surface area (Å²) in [5, 5.41) is 40.5. The summed E-state index contributed by atoms with van der Waals surface area (Å²) < 4.78 is 31.6. The Labute approximate surface area is 396 Å². The average Bonchev–Trinajstić information content (AvgIpc) is 3.67. The number of aliphatic hydroxyl groups excluding tert-OH is 1. The SMILES string of the molecule is C[C@H](N)C(=O)N[C@@H](C)C(=O)N[C@@H](CC(N)=O)C(=O)N[C@@H](CCN(C(=O)CO)[C@@H](c1cc(-c2cc(F)ccc2F)cn1Cc1ccccc1)C(C)(C)C)C(=O)NCCC(=O)N[C@H](CCC(=O)O)C(=O)O. The molecule has 0 spiro atoms. The van der Waals surface area contributed by atoms with Gasteiger partial charge in [-0.2, -0.15) is 0 Å². The number of nitrogens with two attached hydrogens (primary N) is 2. The normalized spacial score (nSPS) is 13.9. The van der Waals surface area contributed by atoms with Crippen LogP contribution in [0.4, 0.5) is 8.78 Å². The first-order chi connectivity index (χ1) is 32.3. The summed E-state index contributed by atoms with van der Waals surface area (Å²) in [5.41, 5.74) is 11.5. The molecule has 2 aromatic carbocycles. The van der Waals surface area contributed by atoms with Crippen LogP contribution in [0.3, 0.4) is 0 Å². The van der Waals surface area contributed by atoms with Gasteiger partial charge in [0, 0.05) is 55.5 Å². The van der Waals surface area contributed by atoms with Gasteiger partial charge in [0.15, 0.2) is 0 Å². The molecule has 0 saturated carbocycles. The molecule has 0 aliphatic rings. The minimum absolute atomic E-state index is 0.0778. The Balaban J connectivity index is 2.08. The molecule has 6 atom stereocenters. The first-order valence-electron chi connectivity index (χ1n) is 21.9. The van der Waals surface area contributed by atoms with Crippen molar-refractivity contribution in [2.75, 3.05) is 19.7 Å². The molecule has 23 heteroatoms. The molecule has 21 nitrogen and oxygen atoms in total. The molecule has 12 N–H and O–H groups in total. The number of nitrogens with one attached hydrogen (secondary N) is 5. The Morgan fingerprint density at radius 2 is 1.43 bits per heavy atom. The van der Waals surface area contributed by atoms with Gasteiger partial charge in [0.2, 0.25) is 41.4 Å². The zero-order valence-corrected chi connectivity index (χ0v) is 38.9. The molecule has 0 aliphatic heterocycles. The van der Waals surface area contributed by atoms with Gasteiger partial charge in [0.1, 0.15) is 42.4 Å². The van der Waals surface area contributed by atoms with E-state index in [0.29, 0.717) is 5.69 Å². The highest BCUT2D eigenvalue weighted by Gasteiger charge is 2.38. The fraction of sp³-hybridized carbons (Fsp3) is 0.457. The van der Waals surface area contributed by atoms with Crippen molar-refractivity contribution < 1.29 is 67.3 Å². The molecule has 3 rings (SSSR count). The lowest BCUT2D eigenvalue weighted by molar-refractivity contribution is -0.143. The molecule has 69 heavy (non-hydrogen) atoms. The summed E-state index contributed by atoms with van der Waals surface area (Å²) in [6.45, 7) is 6.25. The lowest BCUT2D eigenvalue weighted by atomic mass is 9.82. The van der Waals surface area contributed by atoms with Crippen LogP contribution in [-0.2, 0) is 49.7 Å². The number of primary amides is 1. The van der Waals surface area contributed by atoms with Crippen molar-refractivity contribution in [3.05, 3.63) is 83.7 Å². The molecule has 7 amide bonds. The Kier molecular flexibility index (Phi) is 20.9. The number of benzene rings is 2. The van der Waals surface area contributed by atoms with Crippen LogP contribution < -0.4 is 38.1 Å². The van der Waals surface area contributed by atoms with Crippen LogP contribution in [0.15, 0.2) is 60.8 Å². The molecule has 1 heterocycles. The molecular weight excluding hydrogens is 909 g/mol. The summed E-state index contributed by atoms with van der Waals surface area (Å²) in [5.74, 6) is -10.8. The second kappa shape index (κ2) is 25.7. The predicted molar refractivity (Wildman–Crippen MR) is 244 cm³/mol. The highest BCUT2D eigenvalue weighted by Crippen LogP contribution is 2.41. The summed E-state index contributed by atoms with van der Waals surface area (Å²) in [7, 11) is 0. The maximum absolute atomic E-state index is 15.3. The second-order valence-electron chi connectivity index (χ2n) is 17.4. The van der Waals surface area contributed by atoms with E-state index in [1.54, 1.807) is 55.8 Å². The third-order valence-corrected chi connectivity index (χ3v) is 10.7. The Bertz CT molecular complexity index is 2340. The second-order valence-corrected chi connectivity index (χ2v) is 17.4. The van der Waals surface area contributed by atoms with Gasteiger partial charge >= 0.3 is 11.9 Å². The lowest BCUT2D eigenvalue weighted by Gasteiger charge is -2.41. The van der Waals surface area contributed by atoms with Crippen molar-refractivity contribution in [1.29, 1.82) is 0 Å². The first kappa shape index (κ1) is 56.1. The molecular formula is C46H61F2N9O12. The number of halogens is 2. The van der Waals surface area contributed by atoms with Gasteiger partial charge < -0.3 is 62.8 Å². The molecule has 0 unspecified atom stereocenters. The van der Waals surface area contributed by atoms with E-state index in [4.69, 9.17) is 16.6 Å². The van der Waals surface area contributed by atoms with Gasteiger partial charge in [-0.3, -0.25) is 38.4 Å². The number of carboxylic acid groups (broad SMARTS) is 2. The number of carbonyl (C=O) groups excluding carboxylic acids is 7. The van der Waals surface area contributed by atoms with E-state index in [2.05, 4.69) is 26.6 Å². The van der Waals surface area contributed by atoms with Crippen LogP contribution in [0, 0.1) is 17.0 Å². The van der Waals surface area contributed by atoms with Crippen LogP contribution in [0.1, 0.15) is 84.0 Å². The van der Waals surface area contributed by atoms with Crippen molar-refractivity contribution in [1.82, 2.24) is 36.1 Å². The monoisotopic (exact) mass is 969 g/mol. The molecule has 0 aliphatic carbocycles. The van der Waals surface area contributed by atoms with E-state index < -0.39 is 158 Å². The summed E-state index contributed by atoms with van der Waals surface area (Å²) in [6, 6.07) is 5.41. The van der Waals surface area contributed by atoms with Crippen LogP contribution >= 0.6 is 0 Å². The standard InChI is InChI=1S/C46H61F2N9O12/c1-25(49)41(64)52-26(2)42(65)55-34(21-36(50)59)44(67)54-32(43(66)51-17-15-37(60)53-33(45(68)69)13-14-39(62)63)16-18-57(38(61)24-58)40(46(3,4)5)35-19-28(30-20-29(47)11-12-31(30)48)23-56(35)22-27-9-7-6-8-10-27/h6-12,19-20,23,25-26,32-34,40,58H,13-18,21-22,24,49H2,1-5H3,(H2,50,59)(H,51,66)(H,52,64)(H,53,60)(H,54,67)(H,55,65)(H,62,63)(H,68,69)/t25-,26-,32-,33+,34-,40-/m0/s1. The summed E-state index contributed by atoms with van der Waals surface area (Å²) >= 11 is 0. The minimum atomic E-state index is -1.73. The number of aliphatic carboxylic acids is 2. The van der Waals surface area contributed by atoms with Gasteiger partial charge in [0.25, 0.3) is 0 Å². The smallest absolute Gasteiger partial charge is 0.326 e. The molecule has 376 valence electrons. The predicted octanol–water partition coefficient (Wildman–Crippen LogP) is 0.417. The number of aliphatic hydroxyl groups is 1. The number of hydrogen-bond donors (Lipinski definition) is 10. The molecule has 0 bridgehead atoms. The van der Waals surface area contributed by atoms with Crippen LogP contribution in [0.25, 0.3) is 11.1 Å². The van der Waals surface area contributed by atoms with E-state index in [1.165, 1.54) is 18.7 Å². The van der Waals surface area contributed by atoms with Gasteiger partial charge in [-0.1, -0.05) is 51.1 Å². The van der Waals surface area contributed by atoms with E-state index in [9.17, 15) is 57.8 Å². The maximum Gasteiger partial charge on any atom is 0.326 e. The lowest BCUT2D eigenvalue weighted by Crippen LogP contribution is -2.58. The Morgan fingerprint density at radius 1 is 0.783 bits per heavy atom. The molecule has 0 saturated heterocycles. The molecule has 0 radical (unpaired) electrons. The van der Waals surface area contributed by atoms with Gasteiger partial charge in [-0.25, -0.2) is 13.6 Å². The van der Waals surface area contributed by atoms with Crippen molar-refractivity contribution in [2.24, 2.45) is 16.9 Å². The quantitative estimate of drug-likeness (QED) is 0.0522. The zero-order chi connectivity index (χ0) is 51.7. The van der Waals surface area contributed by atoms with Crippen molar-refractivity contribution >= 4 is 53.3 Å². The molecule has 3 aromatic rings. The van der Waals surface area contributed by atoms with Gasteiger partial charge in [-0.05, 0) is 61.9 Å².